The van der Waals surface area contributed by atoms with Gasteiger partial charge in [-0.1, -0.05) is 164 Å². The number of unbranched alkanes of at least 4 members (excludes halogenated alkanes) is 1. The maximum absolute atomic E-state index is 6.58. The second-order valence-electron chi connectivity index (χ2n) is 12.4. The van der Waals surface area contributed by atoms with E-state index in [1.165, 1.54) is 5.56 Å². The number of imidazole rings is 1. The number of tetrazole rings is 1. The Morgan fingerprint density at radius 1 is 0.680 bits per heavy atom. The quantitative estimate of drug-likeness (QED) is 0.124. The van der Waals surface area contributed by atoms with E-state index in [2.05, 4.69) is 121 Å². The lowest BCUT2D eigenvalue weighted by Gasteiger charge is -2.34. The van der Waals surface area contributed by atoms with E-state index in [4.69, 9.17) is 37.7 Å². The summed E-state index contributed by atoms with van der Waals surface area (Å²) in [6, 6.07) is 48.1. The average molecular weight is 678 g/mol. The topological polar surface area (TPSA) is 87.4 Å². The molecule has 0 saturated carbocycles. The molecule has 0 fully saturated rings. The number of benzene rings is 5. The summed E-state index contributed by atoms with van der Waals surface area (Å²) in [6.45, 7) is 3.40. The molecule has 0 spiro atoms. The predicted molar refractivity (Wildman–Crippen MR) is 201 cm³/mol. The summed E-state index contributed by atoms with van der Waals surface area (Å²) < 4.78 is 2.24. The second kappa shape index (κ2) is 15.0. The number of aryl methyl sites for hydroxylation is 1. The molecule has 2 N–H and O–H groups in total. The van der Waals surface area contributed by atoms with Gasteiger partial charge in [0.2, 0.25) is 5.82 Å². The third-order valence-electron chi connectivity index (χ3n) is 9.30. The molecule has 8 heteroatoms. The van der Waals surface area contributed by atoms with Gasteiger partial charge in [0.25, 0.3) is 0 Å². The van der Waals surface area contributed by atoms with Gasteiger partial charge in [-0.05, 0) is 51.6 Å². The Bertz CT molecular complexity index is 2040. The lowest BCUT2D eigenvalue weighted by Crippen LogP contribution is -2.39. The van der Waals surface area contributed by atoms with Crippen LogP contribution in [0.1, 0.15) is 53.5 Å². The van der Waals surface area contributed by atoms with E-state index in [0.29, 0.717) is 30.5 Å². The first-order valence-electron chi connectivity index (χ1n) is 17.2. The molecule has 7 aromatic rings. The minimum absolute atomic E-state index is 0.524. The van der Waals surface area contributed by atoms with Gasteiger partial charge >= 0.3 is 0 Å². The van der Waals surface area contributed by atoms with Crippen molar-refractivity contribution in [2.75, 3.05) is 6.54 Å². The zero-order valence-corrected chi connectivity index (χ0v) is 28.9. The van der Waals surface area contributed by atoms with Crippen LogP contribution in [0.15, 0.2) is 140 Å². The van der Waals surface area contributed by atoms with Crippen molar-refractivity contribution in [1.29, 1.82) is 0 Å². The van der Waals surface area contributed by atoms with Crippen LogP contribution in [0, 0.1) is 0 Å². The Hall–Kier alpha value is -5.37. The molecule has 0 radical (unpaired) electrons. The van der Waals surface area contributed by atoms with Crippen LogP contribution in [0.25, 0.3) is 22.5 Å². The lowest BCUT2D eigenvalue weighted by molar-refractivity contribution is 0.396. The normalized spacial score (nSPS) is 11.6. The monoisotopic (exact) mass is 677 g/mol. The highest BCUT2D eigenvalue weighted by Gasteiger charge is 2.41. The molecule has 0 atom stereocenters. The smallest absolute Gasteiger partial charge is 0.205 e. The van der Waals surface area contributed by atoms with Crippen molar-refractivity contribution >= 4 is 11.6 Å². The summed E-state index contributed by atoms with van der Waals surface area (Å²) in [5.41, 5.74) is 13.4. The fourth-order valence-electron chi connectivity index (χ4n) is 6.84. The van der Waals surface area contributed by atoms with E-state index in [9.17, 15) is 0 Å². The van der Waals surface area contributed by atoms with Gasteiger partial charge in [0.05, 0.1) is 5.69 Å². The van der Waals surface area contributed by atoms with Crippen LogP contribution in [0.2, 0.25) is 5.15 Å². The number of aromatic nitrogens is 6. The Morgan fingerprint density at radius 2 is 1.24 bits per heavy atom. The molecule has 7 rings (SSSR count). The molecule has 0 unspecified atom stereocenters. The maximum Gasteiger partial charge on any atom is 0.205 e. The van der Waals surface area contributed by atoms with Crippen molar-refractivity contribution in [1.82, 2.24) is 29.8 Å². The molecule has 0 saturated heterocycles. The minimum atomic E-state index is -0.847. The van der Waals surface area contributed by atoms with Gasteiger partial charge in [0, 0.05) is 24.9 Å². The van der Waals surface area contributed by atoms with Crippen LogP contribution in [-0.4, -0.2) is 36.3 Å². The molecule has 0 bridgehead atoms. The molecule has 50 heavy (non-hydrogen) atoms. The molecule has 0 amide bonds. The number of hydrogen-bond donors (Lipinski definition) is 1. The molecule has 5 aromatic carbocycles. The first kappa shape index (κ1) is 33.1. The van der Waals surface area contributed by atoms with E-state index in [1.807, 2.05) is 30.3 Å². The number of hydrogen-bond acceptors (Lipinski definition) is 5. The zero-order chi connectivity index (χ0) is 34.3. The highest BCUT2D eigenvalue weighted by Crippen LogP contribution is 2.40. The maximum atomic E-state index is 6.58. The first-order chi connectivity index (χ1) is 24.6. The highest BCUT2D eigenvalue weighted by atomic mass is 35.5. The molecule has 0 aliphatic heterocycles. The van der Waals surface area contributed by atoms with Crippen molar-refractivity contribution in [3.05, 3.63) is 178 Å². The largest absolute Gasteiger partial charge is 0.330 e. The van der Waals surface area contributed by atoms with Crippen molar-refractivity contribution in [3.63, 3.8) is 0 Å². The minimum Gasteiger partial charge on any atom is -0.330 e. The molecule has 0 aliphatic rings. The molecule has 250 valence electrons. The van der Waals surface area contributed by atoms with Crippen molar-refractivity contribution < 1.29 is 0 Å². The molecular formula is C42H40ClN7. The van der Waals surface area contributed by atoms with Gasteiger partial charge in [0.15, 0.2) is 10.7 Å². The first-order valence-corrected chi connectivity index (χ1v) is 17.6. The number of nitrogens with two attached hydrogens (primary N) is 1. The Labute approximate surface area is 298 Å². The summed E-state index contributed by atoms with van der Waals surface area (Å²) in [4.78, 5) is 6.47. The van der Waals surface area contributed by atoms with Gasteiger partial charge in [-0.15, -0.1) is 15.0 Å². The van der Waals surface area contributed by atoms with E-state index < -0.39 is 5.54 Å². The summed E-state index contributed by atoms with van der Waals surface area (Å²) in [5, 5.41) is 15.2. The van der Waals surface area contributed by atoms with Crippen LogP contribution in [0.5, 0.6) is 0 Å². The van der Waals surface area contributed by atoms with E-state index >= 15 is 0 Å². The highest BCUT2D eigenvalue weighted by molar-refractivity contribution is 6.30. The van der Waals surface area contributed by atoms with E-state index in [1.54, 1.807) is 4.80 Å². The number of nitrogens with zero attached hydrogens (tertiary/aromatic N) is 6. The van der Waals surface area contributed by atoms with Crippen molar-refractivity contribution in [2.24, 2.45) is 5.73 Å². The summed E-state index contributed by atoms with van der Waals surface area (Å²) in [7, 11) is 0. The summed E-state index contributed by atoms with van der Waals surface area (Å²) in [6.07, 6.45) is 3.74. The van der Waals surface area contributed by atoms with Gasteiger partial charge in [-0.3, -0.25) is 0 Å². The fourth-order valence-corrected chi connectivity index (χ4v) is 7.14. The van der Waals surface area contributed by atoms with Crippen LogP contribution >= 0.6 is 11.6 Å². The van der Waals surface area contributed by atoms with Gasteiger partial charge < -0.3 is 10.3 Å². The Morgan fingerprint density at radius 3 is 1.80 bits per heavy atom. The van der Waals surface area contributed by atoms with Crippen LogP contribution in [0.4, 0.5) is 0 Å². The van der Waals surface area contributed by atoms with E-state index in [-0.39, 0.29) is 0 Å². The van der Waals surface area contributed by atoms with Crippen LogP contribution in [-0.2, 0) is 24.9 Å². The summed E-state index contributed by atoms with van der Waals surface area (Å²) in [5.74, 6) is 1.57. The average Bonchev–Trinajstić information content (AvgIpc) is 3.78. The van der Waals surface area contributed by atoms with Gasteiger partial charge in [-0.25, -0.2) is 4.98 Å². The SMILES string of the molecule is CCCCc1nc(Cl)c(CCN)n1Cc1ccc(-c2ccccc2-c2nnn(C(c3ccccc3)(c3ccccc3)c3ccccc3)n2)cc1. The predicted octanol–water partition coefficient (Wildman–Crippen LogP) is 8.59. The van der Waals surface area contributed by atoms with Gasteiger partial charge in [0.1, 0.15) is 5.82 Å². The van der Waals surface area contributed by atoms with E-state index in [0.717, 1.165) is 64.2 Å². The van der Waals surface area contributed by atoms with Crippen LogP contribution < -0.4 is 5.73 Å². The lowest BCUT2D eigenvalue weighted by atomic mass is 9.77. The van der Waals surface area contributed by atoms with Crippen molar-refractivity contribution in [3.8, 4) is 22.5 Å². The fraction of sp³-hybridized carbons (Fsp3) is 0.190. The number of halogens is 1. The molecule has 7 nitrogen and oxygen atoms in total. The molecule has 2 heterocycles. The molecule has 0 aliphatic carbocycles. The third kappa shape index (κ3) is 6.38. The Kier molecular flexibility index (Phi) is 9.96. The second-order valence-corrected chi connectivity index (χ2v) is 12.8. The van der Waals surface area contributed by atoms with Crippen molar-refractivity contribution in [2.45, 2.75) is 44.7 Å². The standard InChI is InChI=1S/C42H40ClN7/c1-2-3-23-39-45-40(43)38(28-29-44)49(39)30-31-24-26-32(27-25-31)36-21-13-14-22-37(36)41-46-48-50(47-41)42(33-15-7-4-8-16-33,34-17-9-5-10-18-34)35-19-11-6-12-20-35/h4-22,24-27H,2-3,23,28-30,44H2,1H3. The van der Waals surface area contributed by atoms with Gasteiger partial charge in [-0.2, -0.15) is 0 Å². The molecule has 2 aromatic heterocycles. The zero-order valence-electron chi connectivity index (χ0n) is 28.2. The molecular weight excluding hydrogens is 638 g/mol. The third-order valence-corrected chi connectivity index (χ3v) is 9.60. The number of rotatable bonds is 13. The van der Waals surface area contributed by atoms with Crippen LogP contribution in [0.3, 0.4) is 0 Å². The summed E-state index contributed by atoms with van der Waals surface area (Å²) >= 11 is 6.58. The Balaban J connectivity index is 1.27.